The number of hydrazone groups is 1. The summed E-state index contributed by atoms with van der Waals surface area (Å²) in [6.45, 7) is 2.22. The number of anilines is 1. The topological polar surface area (TPSA) is 109 Å². The van der Waals surface area contributed by atoms with Crippen molar-refractivity contribution < 1.29 is 19.1 Å². The van der Waals surface area contributed by atoms with Crippen molar-refractivity contribution in [2.45, 2.75) is 19.8 Å². The molecule has 3 N–H and O–H groups in total. The molecule has 2 aromatic carbocycles. The molecule has 0 bridgehead atoms. The number of amides is 3. The molecule has 2 rings (SSSR count). The number of benzene rings is 2. The molecular formula is C21H22Cl2N4O4. The van der Waals surface area contributed by atoms with E-state index in [0.717, 1.165) is 12.8 Å². The van der Waals surface area contributed by atoms with E-state index in [0.29, 0.717) is 33.6 Å². The van der Waals surface area contributed by atoms with Crippen LogP contribution in [0.2, 0.25) is 10.0 Å². The van der Waals surface area contributed by atoms with Gasteiger partial charge in [-0.1, -0.05) is 36.5 Å². The van der Waals surface area contributed by atoms with E-state index in [4.69, 9.17) is 27.9 Å². The zero-order chi connectivity index (χ0) is 22.6. The van der Waals surface area contributed by atoms with Gasteiger partial charge >= 0.3 is 11.8 Å². The van der Waals surface area contributed by atoms with Gasteiger partial charge in [0.25, 0.3) is 5.91 Å². The van der Waals surface area contributed by atoms with Crippen molar-refractivity contribution in [1.82, 2.24) is 10.7 Å². The van der Waals surface area contributed by atoms with E-state index in [1.165, 1.54) is 6.21 Å². The van der Waals surface area contributed by atoms with Crippen molar-refractivity contribution >= 4 is 52.8 Å². The van der Waals surface area contributed by atoms with Gasteiger partial charge in [-0.3, -0.25) is 14.4 Å². The maximum Gasteiger partial charge on any atom is 0.329 e. The lowest BCUT2D eigenvalue weighted by Crippen LogP contribution is -2.38. The highest BCUT2D eigenvalue weighted by atomic mass is 35.5. The molecule has 0 aliphatic heterocycles. The number of nitrogens with one attached hydrogen (secondary N) is 3. The van der Waals surface area contributed by atoms with Gasteiger partial charge in [0.2, 0.25) is 0 Å². The molecule has 0 aliphatic rings. The van der Waals surface area contributed by atoms with Gasteiger partial charge < -0.3 is 15.4 Å². The Balaban J connectivity index is 1.77. The first-order chi connectivity index (χ1) is 14.9. The van der Waals surface area contributed by atoms with Crippen LogP contribution < -0.4 is 20.8 Å². The third-order valence-corrected chi connectivity index (χ3v) is 4.23. The van der Waals surface area contributed by atoms with Crippen LogP contribution in [0.15, 0.2) is 47.6 Å². The maximum absolute atomic E-state index is 12.0. The van der Waals surface area contributed by atoms with Crippen LogP contribution in [0.25, 0.3) is 0 Å². The van der Waals surface area contributed by atoms with E-state index in [9.17, 15) is 14.4 Å². The van der Waals surface area contributed by atoms with Crippen LogP contribution in [0.5, 0.6) is 5.75 Å². The first kappa shape index (κ1) is 24.2. The molecule has 31 heavy (non-hydrogen) atoms. The molecule has 0 aliphatic carbocycles. The number of ether oxygens (including phenoxy) is 1. The Labute approximate surface area is 189 Å². The minimum absolute atomic E-state index is 0.208. The first-order valence-corrected chi connectivity index (χ1v) is 10.2. The summed E-state index contributed by atoms with van der Waals surface area (Å²) in [4.78, 5) is 35.1. The average Bonchev–Trinajstić information content (AvgIpc) is 2.72. The summed E-state index contributed by atoms with van der Waals surface area (Å²) < 4.78 is 5.43. The second-order valence-corrected chi connectivity index (χ2v) is 7.25. The summed E-state index contributed by atoms with van der Waals surface area (Å²) in [5, 5.41) is 9.70. The van der Waals surface area contributed by atoms with Crippen LogP contribution >= 0.6 is 23.2 Å². The van der Waals surface area contributed by atoms with E-state index in [1.54, 1.807) is 42.5 Å². The minimum atomic E-state index is -0.834. The monoisotopic (exact) mass is 464 g/mol. The molecule has 0 aromatic heterocycles. The van der Waals surface area contributed by atoms with Crippen molar-refractivity contribution in [3.63, 3.8) is 0 Å². The van der Waals surface area contributed by atoms with Crippen molar-refractivity contribution in [1.29, 1.82) is 0 Å². The number of hydrogen-bond donors (Lipinski definition) is 3. The van der Waals surface area contributed by atoms with Crippen molar-refractivity contribution in [3.8, 4) is 5.75 Å². The van der Waals surface area contributed by atoms with E-state index < -0.39 is 11.8 Å². The summed E-state index contributed by atoms with van der Waals surface area (Å²) in [5.41, 5.74) is 3.29. The molecule has 0 saturated heterocycles. The Morgan fingerprint density at radius 3 is 2.35 bits per heavy atom. The van der Waals surface area contributed by atoms with Gasteiger partial charge in [0.1, 0.15) is 5.75 Å². The third kappa shape index (κ3) is 9.06. The lowest BCUT2D eigenvalue weighted by atomic mass is 10.2. The number of carbonyl (C=O) groups is 3. The van der Waals surface area contributed by atoms with Gasteiger partial charge in [-0.2, -0.15) is 5.10 Å². The quantitative estimate of drug-likeness (QED) is 0.228. The van der Waals surface area contributed by atoms with E-state index in [2.05, 4.69) is 21.2 Å². The first-order valence-electron chi connectivity index (χ1n) is 9.47. The lowest BCUT2D eigenvalue weighted by Gasteiger charge is -2.08. The highest BCUT2D eigenvalue weighted by molar-refractivity contribution is 6.35. The van der Waals surface area contributed by atoms with Crippen LogP contribution in [0.3, 0.4) is 0 Å². The van der Waals surface area contributed by atoms with Crippen molar-refractivity contribution in [2.75, 3.05) is 18.5 Å². The van der Waals surface area contributed by atoms with E-state index in [1.807, 2.05) is 6.92 Å². The molecule has 164 valence electrons. The van der Waals surface area contributed by atoms with Gasteiger partial charge in [-0.25, -0.2) is 5.43 Å². The largest absolute Gasteiger partial charge is 0.484 e. The predicted molar refractivity (Wildman–Crippen MR) is 121 cm³/mol. The van der Waals surface area contributed by atoms with Gasteiger partial charge in [0, 0.05) is 22.3 Å². The predicted octanol–water partition coefficient (Wildman–Crippen LogP) is 3.38. The number of rotatable bonds is 9. The van der Waals surface area contributed by atoms with Gasteiger partial charge in [0.15, 0.2) is 6.61 Å². The van der Waals surface area contributed by atoms with Crippen LogP contribution in [-0.2, 0) is 14.4 Å². The molecule has 0 unspecified atom stereocenters. The molecule has 0 spiro atoms. The van der Waals surface area contributed by atoms with Crippen LogP contribution in [0.1, 0.15) is 25.3 Å². The molecule has 0 radical (unpaired) electrons. The zero-order valence-electron chi connectivity index (χ0n) is 16.8. The number of halogens is 2. The molecule has 8 nitrogen and oxygen atoms in total. The Bertz CT molecular complexity index is 929. The third-order valence-electron chi connectivity index (χ3n) is 3.80. The van der Waals surface area contributed by atoms with E-state index in [-0.39, 0.29) is 12.5 Å². The maximum atomic E-state index is 12.0. The second kappa shape index (κ2) is 12.6. The molecule has 0 heterocycles. The molecule has 2 aromatic rings. The number of nitrogens with zero attached hydrogens (tertiary/aromatic N) is 1. The lowest BCUT2D eigenvalue weighted by molar-refractivity contribution is -0.139. The van der Waals surface area contributed by atoms with Crippen LogP contribution in [-0.4, -0.2) is 37.1 Å². The fourth-order valence-corrected chi connectivity index (χ4v) is 2.82. The molecule has 3 amide bonds. The van der Waals surface area contributed by atoms with E-state index >= 15 is 0 Å². The Kier molecular flexibility index (Phi) is 9.80. The standard InChI is InChI=1S/C21H22Cl2N4O4/c1-2-3-8-24-20(29)21(30)27-25-12-14-4-6-18(7-5-14)31-13-19(28)26-17-10-15(22)9-16(23)11-17/h4-7,9-12H,2-3,8,13H2,1H3,(H,24,29)(H,26,28)(H,27,30)/b25-12-. The molecule has 0 atom stereocenters. The Morgan fingerprint density at radius 2 is 1.71 bits per heavy atom. The van der Waals surface area contributed by atoms with Gasteiger partial charge in [0.05, 0.1) is 6.21 Å². The molecule has 0 saturated carbocycles. The van der Waals surface area contributed by atoms with Gasteiger partial charge in [-0.15, -0.1) is 0 Å². The van der Waals surface area contributed by atoms with Crippen LogP contribution in [0, 0.1) is 0 Å². The number of carbonyl (C=O) groups excluding carboxylic acids is 3. The summed E-state index contributed by atoms with van der Waals surface area (Å²) in [7, 11) is 0. The fraction of sp³-hybridized carbons (Fsp3) is 0.238. The zero-order valence-corrected chi connectivity index (χ0v) is 18.3. The normalized spacial score (nSPS) is 10.5. The number of hydrogen-bond acceptors (Lipinski definition) is 5. The van der Waals surface area contributed by atoms with Crippen LogP contribution in [0.4, 0.5) is 5.69 Å². The summed E-state index contributed by atoms with van der Waals surface area (Å²) >= 11 is 11.8. The van der Waals surface area contributed by atoms with Gasteiger partial charge in [-0.05, 0) is 54.4 Å². The SMILES string of the molecule is CCCCNC(=O)C(=O)N/N=C\c1ccc(OCC(=O)Nc2cc(Cl)cc(Cl)c2)cc1. The van der Waals surface area contributed by atoms with Crippen molar-refractivity contribution in [2.24, 2.45) is 5.10 Å². The number of unbranched alkanes of at least 4 members (excludes halogenated alkanes) is 1. The Morgan fingerprint density at radius 1 is 1.03 bits per heavy atom. The second-order valence-electron chi connectivity index (χ2n) is 6.37. The summed E-state index contributed by atoms with van der Waals surface area (Å²) in [6.07, 6.45) is 3.10. The molecular weight excluding hydrogens is 443 g/mol. The fourth-order valence-electron chi connectivity index (χ4n) is 2.30. The highest BCUT2D eigenvalue weighted by Gasteiger charge is 2.11. The van der Waals surface area contributed by atoms with Crippen molar-refractivity contribution in [3.05, 3.63) is 58.1 Å². The smallest absolute Gasteiger partial charge is 0.329 e. The minimum Gasteiger partial charge on any atom is -0.484 e. The average molecular weight is 465 g/mol. The Hall–Kier alpha value is -3.10. The molecule has 0 fully saturated rings. The molecule has 10 heteroatoms. The summed E-state index contributed by atoms with van der Waals surface area (Å²) in [6, 6.07) is 11.4. The summed E-state index contributed by atoms with van der Waals surface area (Å²) in [5.74, 6) is -1.47. The highest BCUT2D eigenvalue weighted by Crippen LogP contribution is 2.22.